The first-order valence-corrected chi connectivity index (χ1v) is 11.5. The number of nitrogens with two attached hydrogens (primary N) is 1. The van der Waals surface area contributed by atoms with E-state index in [1.807, 2.05) is 26.2 Å². The first kappa shape index (κ1) is 30.9. The molecule has 196 valence electrons. The summed E-state index contributed by atoms with van der Waals surface area (Å²) in [5.74, 6) is 0.959. The minimum atomic E-state index is -0.0449. The standard InChI is InChI=1S/C24H37N6O3.2ClH/c1-7-29-21-14-18(20-16-27(4)26-17(20)3)13-19(23(21)30(8-2)22(29)15-25)24(31)28(9-11-32-5)10-12-33-6;;/h13-14,16H,7-12,15,25H2,1-6H3;2*1H/q+1;;/p-1. The number of amides is 1. The Morgan fingerprint density at radius 3 is 2.26 bits per heavy atom. The Bertz CT molecular complexity index is 1120. The lowest BCUT2D eigenvalue weighted by Crippen LogP contribution is -3.00. The van der Waals surface area contributed by atoms with Crippen LogP contribution in [0.5, 0.6) is 0 Å². The maximum absolute atomic E-state index is 13.9. The van der Waals surface area contributed by atoms with E-state index >= 15 is 0 Å². The third-order valence-corrected chi connectivity index (χ3v) is 6.06. The van der Waals surface area contributed by atoms with E-state index in [2.05, 4.69) is 34.1 Å². The van der Waals surface area contributed by atoms with Gasteiger partial charge in [-0.25, -0.2) is 9.13 Å². The maximum atomic E-state index is 13.9. The van der Waals surface area contributed by atoms with Crippen molar-refractivity contribution >= 4 is 29.3 Å². The number of benzene rings is 1. The van der Waals surface area contributed by atoms with Gasteiger partial charge in [0.05, 0.1) is 44.1 Å². The molecule has 2 N–H and O–H groups in total. The minimum Gasteiger partial charge on any atom is -1.00 e. The van der Waals surface area contributed by atoms with E-state index in [4.69, 9.17) is 15.2 Å². The molecule has 0 aliphatic carbocycles. The molecule has 0 unspecified atom stereocenters. The molecule has 0 atom stereocenters. The normalized spacial score (nSPS) is 10.8. The smallest absolute Gasteiger partial charge is 0.271 e. The summed E-state index contributed by atoms with van der Waals surface area (Å²) in [6.07, 6.45) is 2.00. The third kappa shape index (κ3) is 6.16. The number of methoxy groups -OCH3 is 2. The summed E-state index contributed by atoms with van der Waals surface area (Å²) in [6.45, 7) is 9.93. The zero-order chi connectivity index (χ0) is 24.1. The minimum absolute atomic E-state index is 0. The number of carbonyl (C=O) groups excluding carboxylic acids is 1. The van der Waals surface area contributed by atoms with E-state index in [0.29, 0.717) is 38.4 Å². The average molecular weight is 530 g/mol. The topological polar surface area (TPSA) is 91.4 Å². The van der Waals surface area contributed by atoms with Gasteiger partial charge in [-0.1, -0.05) is 0 Å². The second kappa shape index (κ2) is 13.8. The van der Waals surface area contributed by atoms with Gasteiger partial charge in [0, 0.05) is 46.1 Å². The molecule has 1 aromatic carbocycles. The molecule has 35 heavy (non-hydrogen) atoms. The van der Waals surface area contributed by atoms with Crippen molar-refractivity contribution in [2.45, 2.75) is 40.4 Å². The van der Waals surface area contributed by atoms with Crippen LogP contribution in [0.3, 0.4) is 0 Å². The first-order chi connectivity index (χ1) is 15.9. The summed E-state index contributed by atoms with van der Waals surface area (Å²) in [5.41, 5.74) is 11.6. The predicted octanol–water partition coefficient (Wildman–Crippen LogP) is -0.703. The number of aryl methyl sites for hydroxylation is 4. The Hall–Kier alpha value is -2.17. The molecule has 11 heteroatoms. The molecule has 0 aliphatic rings. The summed E-state index contributed by atoms with van der Waals surface area (Å²) < 4.78 is 16.7. The van der Waals surface area contributed by atoms with Gasteiger partial charge in [-0.15, -0.1) is 12.4 Å². The Morgan fingerprint density at radius 1 is 1.17 bits per heavy atom. The number of hydrogen-bond donors (Lipinski definition) is 1. The van der Waals surface area contributed by atoms with Crippen LogP contribution < -0.4 is 22.7 Å². The number of rotatable bonds is 11. The second-order valence-corrected chi connectivity index (χ2v) is 8.08. The van der Waals surface area contributed by atoms with Gasteiger partial charge >= 0.3 is 0 Å². The van der Waals surface area contributed by atoms with E-state index in [1.54, 1.807) is 23.8 Å². The highest BCUT2D eigenvalue weighted by atomic mass is 35.5. The number of ether oxygens (including phenoxy) is 2. The lowest BCUT2D eigenvalue weighted by atomic mass is 10.0. The molecule has 0 bridgehead atoms. The number of imidazole rings is 1. The molecule has 0 aliphatic heterocycles. The predicted molar refractivity (Wildman–Crippen MR) is 135 cm³/mol. The molecule has 0 radical (unpaired) electrons. The second-order valence-electron chi connectivity index (χ2n) is 8.08. The summed E-state index contributed by atoms with van der Waals surface area (Å²) >= 11 is 0. The summed E-state index contributed by atoms with van der Waals surface area (Å²) in [6, 6.07) is 4.15. The van der Waals surface area contributed by atoms with Crippen molar-refractivity contribution in [3.63, 3.8) is 0 Å². The Morgan fingerprint density at radius 2 is 1.80 bits per heavy atom. The Balaban J connectivity index is 0.00000306. The van der Waals surface area contributed by atoms with Crippen molar-refractivity contribution in [3.05, 3.63) is 35.4 Å². The lowest BCUT2D eigenvalue weighted by Gasteiger charge is -2.22. The molecule has 2 heterocycles. The fraction of sp³-hybridized carbons (Fsp3) is 0.542. The van der Waals surface area contributed by atoms with Crippen LogP contribution in [0.4, 0.5) is 0 Å². The van der Waals surface area contributed by atoms with Gasteiger partial charge in [-0.05, 0) is 38.5 Å². The van der Waals surface area contributed by atoms with Crippen LogP contribution in [0.2, 0.25) is 0 Å². The SMILES string of the molecule is CCn1c(CN)[n+](CC)c2c(C(=O)N(CCOC)CCOC)cc(-c3cn(C)nc3C)cc21.Cl.[Cl-]. The van der Waals surface area contributed by atoms with Crippen LogP contribution >= 0.6 is 12.4 Å². The summed E-state index contributed by atoms with van der Waals surface area (Å²) in [4.78, 5) is 15.7. The quantitative estimate of drug-likeness (QED) is 0.332. The zero-order valence-electron chi connectivity index (χ0n) is 21.5. The largest absolute Gasteiger partial charge is 1.00 e. The molecule has 2 aromatic heterocycles. The molecule has 1 amide bonds. The summed E-state index contributed by atoms with van der Waals surface area (Å²) in [7, 11) is 5.19. The lowest BCUT2D eigenvalue weighted by molar-refractivity contribution is -0.676. The highest BCUT2D eigenvalue weighted by molar-refractivity contribution is 6.05. The monoisotopic (exact) mass is 528 g/mol. The molecule has 3 rings (SSSR count). The van der Waals surface area contributed by atoms with E-state index in [0.717, 1.165) is 46.8 Å². The van der Waals surface area contributed by atoms with Crippen LogP contribution in [0, 0.1) is 6.92 Å². The first-order valence-electron chi connectivity index (χ1n) is 11.5. The van der Waals surface area contributed by atoms with Crippen molar-refractivity contribution < 1.29 is 31.2 Å². The van der Waals surface area contributed by atoms with Crippen molar-refractivity contribution in [2.24, 2.45) is 12.8 Å². The third-order valence-electron chi connectivity index (χ3n) is 6.06. The molecule has 9 nitrogen and oxygen atoms in total. The van der Waals surface area contributed by atoms with Crippen molar-refractivity contribution in [1.29, 1.82) is 0 Å². The number of nitrogens with zero attached hydrogens (tertiary/aromatic N) is 5. The summed E-state index contributed by atoms with van der Waals surface area (Å²) in [5, 5.41) is 4.51. The molecule has 0 saturated carbocycles. The fourth-order valence-electron chi connectivity index (χ4n) is 4.53. The maximum Gasteiger partial charge on any atom is 0.271 e. The van der Waals surface area contributed by atoms with E-state index in [-0.39, 0.29) is 30.7 Å². The number of fused-ring (bicyclic) bond motifs is 1. The van der Waals surface area contributed by atoms with Gasteiger partial charge in [0.1, 0.15) is 0 Å². The van der Waals surface area contributed by atoms with Crippen LogP contribution in [0.15, 0.2) is 18.3 Å². The van der Waals surface area contributed by atoms with Gasteiger partial charge in [0.15, 0.2) is 11.0 Å². The Kier molecular flexibility index (Phi) is 12.2. The highest BCUT2D eigenvalue weighted by Crippen LogP contribution is 2.30. The van der Waals surface area contributed by atoms with E-state index in [9.17, 15) is 4.79 Å². The highest BCUT2D eigenvalue weighted by Gasteiger charge is 2.30. The van der Waals surface area contributed by atoms with Crippen LogP contribution in [0.1, 0.15) is 35.7 Å². The van der Waals surface area contributed by atoms with Gasteiger partial charge in [-0.2, -0.15) is 5.10 Å². The van der Waals surface area contributed by atoms with Crippen molar-refractivity contribution in [1.82, 2.24) is 19.2 Å². The van der Waals surface area contributed by atoms with Crippen LogP contribution in [0.25, 0.3) is 22.2 Å². The molecule has 3 aromatic rings. The molecular formula is C24H38Cl2N6O3. The average Bonchev–Trinajstić information content (AvgIpc) is 3.32. The van der Waals surface area contributed by atoms with Crippen LogP contribution in [-0.4, -0.2) is 65.7 Å². The van der Waals surface area contributed by atoms with Crippen molar-refractivity contribution in [2.75, 3.05) is 40.5 Å². The van der Waals surface area contributed by atoms with Gasteiger partial charge in [0.25, 0.3) is 11.7 Å². The Labute approximate surface area is 220 Å². The molecule has 0 spiro atoms. The zero-order valence-corrected chi connectivity index (χ0v) is 23.1. The molecular weight excluding hydrogens is 491 g/mol. The van der Waals surface area contributed by atoms with Gasteiger partial charge < -0.3 is 32.5 Å². The fourth-order valence-corrected chi connectivity index (χ4v) is 4.53. The number of carbonyl (C=O) groups is 1. The molecule has 0 fully saturated rings. The van der Waals surface area contributed by atoms with Crippen molar-refractivity contribution in [3.8, 4) is 11.1 Å². The van der Waals surface area contributed by atoms with Gasteiger partial charge in [0.2, 0.25) is 0 Å². The molecule has 0 saturated heterocycles. The number of aromatic nitrogens is 4. The van der Waals surface area contributed by atoms with E-state index in [1.165, 1.54) is 0 Å². The number of halogens is 2. The van der Waals surface area contributed by atoms with E-state index < -0.39 is 0 Å². The van der Waals surface area contributed by atoms with Crippen LogP contribution in [-0.2, 0) is 36.2 Å². The van der Waals surface area contributed by atoms with Gasteiger partial charge in [-0.3, -0.25) is 9.48 Å². The number of hydrogen-bond acceptors (Lipinski definition) is 5.